The Morgan fingerprint density at radius 1 is 1.28 bits per heavy atom. The Morgan fingerprint density at radius 2 is 2.11 bits per heavy atom. The van der Waals surface area contributed by atoms with Gasteiger partial charge in [-0.05, 0) is 39.3 Å². The lowest BCUT2D eigenvalue weighted by Gasteiger charge is -2.29. The molecule has 0 aromatic carbocycles. The van der Waals surface area contributed by atoms with E-state index in [1.54, 1.807) is 0 Å². The van der Waals surface area contributed by atoms with Gasteiger partial charge in [-0.3, -0.25) is 4.90 Å². The van der Waals surface area contributed by atoms with E-state index in [1.165, 1.54) is 58.4 Å². The second kappa shape index (κ2) is 8.10. The molecule has 0 radical (unpaired) electrons. The van der Waals surface area contributed by atoms with E-state index in [2.05, 4.69) is 22.2 Å². The van der Waals surface area contributed by atoms with Crippen LogP contribution in [-0.4, -0.2) is 75.4 Å². The van der Waals surface area contributed by atoms with Crippen LogP contribution < -0.4 is 5.32 Å². The highest BCUT2D eigenvalue weighted by Crippen LogP contribution is 2.16. The van der Waals surface area contributed by atoms with Crippen molar-refractivity contribution in [3.8, 4) is 0 Å². The highest BCUT2D eigenvalue weighted by Gasteiger charge is 2.15. The van der Waals surface area contributed by atoms with Gasteiger partial charge in [0.05, 0.1) is 6.10 Å². The maximum atomic E-state index is 5.66. The number of ether oxygens (including phenoxy) is 1. The zero-order valence-corrected chi connectivity index (χ0v) is 11.9. The summed E-state index contributed by atoms with van der Waals surface area (Å²) < 4.78 is 5.66. The summed E-state index contributed by atoms with van der Waals surface area (Å²) in [7, 11) is 2.25. The number of piperazine rings is 1. The minimum absolute atomic E-state index is 0.562. The van der Waals surface area contributed by atoms with Crippen LogP contribution in [0.25, 0.3) is 0 Å². The molecule has 1 atom stereocenters. The normalized spacial score (nSPS) is 26.0. The smallest absolute Gasteiger partial charge is 0.0576 e. The predicted octanol–water partition coefficient (Wildman–Crippen LogP) is 0.783. The molecule has 0 bridgehead atoms. The number of likely N-dealkylation sites (N-methyl/N-ethyl adjacent to an activating group) is 1. The molecular formula is C14H29N3O. The van der Waals surface area contributed by atoms with Crippen LogP contribution in [0, 0.1) is 0 Å². The molecule has 2 heterocycles. The summed E-state index contributed by atoms with van der Waals surface area (Å²) in [6.45, 7) is 9.36. The van der Waals surface area contributed by atoms with Gasteiger partial charge in [-0.2, -0.15) is 0 Å². The van der Waals surface area contributed by atoms with Crippen molar-refractivity contribution in [2.75, 3.05) is 59.5 Å². The number of rotatable bonds is 7. The molecule has 4 nitrogen and oxygen atoms in total. The van der Waals surface area contributed by atoms with Gasteiger partial charge in [0.25, 0.3) is 0 Å². The lowest BCUT2D eigenvalue weighted by molar-refractivity contribution is 0.0991. The monoisotopic (exact) mass is 255 g/mol. The number of nitrogens with one attached hydrogen (secondary N) is 1. The van der Waals surface area contributed by atoms with Crippen molar-refractivity contribution in [2.45, 2.75) is 31.8 Å². The quantitative estimate of drug-likeness (QED) is 0.728. The Kier molecular flexibility index (Phi) is 6.41. The highest BCUT2D eigenvalue weighted by molar-refractivity contribution is 4.69. The van der Waals surface area contributed by atoms with Crippen molar-refractivity contribution in [2.24, 2.45) is 0 Å². The van der Waals surface area contributed by atoms with Gasteiger partial charge in [0.15, 0.2) is 0 Å². The third-order valence-corrected chi connectivity index (χ3v) is 4.10. The van der Waals surface area contributed by atoms with Crippen molar-refractivity contribution in [1.82, 2.24) is 15.1 Å². The largest absolute Gasteiger partial charge is 0.378 e. The van der Waals surface area contributed by atoms with E-state index in [4.69, 9.17) is 4.74 Å². The van der Waals surface area contributed by atoms with Crippen LogP contribution >= 0.6 is 0 Å². The summed E-state index contributed by atoms with van der Waals surface area (Å²) in [5.74, 6) is 0. The predicted molar refractivity (Wildman–Crippen MR) is 75.0 cm³/mol. The first-order chi connectivity index (χ1) is 8.84. The van der Waals surface area contributed by atoms with Gasteiger partial charge < -0.3 is 15.0 Å². The van der Waals surface area contributed by atoms with Gasteiger partial charge in [-0.1, -0.05) is 0 Å². The van der Waals surface area contributed by atoms with Crippen LogP contribution in [0.1, 0.15) is 25.7 Å². The van der Waals surface area contributed by atoms with Crippen molar-refractivity contribution in [3.63, 3.8) is 0 Å². The fourth-order valence-corrected chi connectivity index (χ4v) is 2.82. The zero-order chi connectivity index (χ0) is 12.6. The maximum absolute atomic E-state index is 5.66. The summed E-state index contributed by atoms with van der Waals surface area (Å²) in [5, 5.41) is 3.40. The molecule has 2 saturated heterocycles. The van der Waals surface area contributed by atoms with Gasteiger partial charge >= 0.3 is 0 Å². The standard InChI is InChI=1S/C14H29N3O/c1-16(8-2-4-14-5-3-13-18-14)11-12-17-9-6-15-7-10-17/h14-15H,2-13H2,1H3. The third kappa shape index (κ3) is 5.22. The molecule has 1 N–H and O–H groups in total. The summed E-state index contributed by atoms with van der Waals surface area (Å²) >= 11 is 0. The molecule has 0 spiro atoms. The van der Waals surface area contributed by atoms with Crippen LogP contribution in [0.3, 0.4) is 0 Å². The summed E-state index contributed by atoms with van der Waals surface area (Å²) in [4.78, 5) is 5.03. The van der Waals surface area contributed by atoms with Gasteiger partial charge in [0.1, 0.15) is 0 Å². The van der Waals surface area contributed by atoms with Gasteiger partial charge in [0, 0.05) is 45.9 Å². The highest BCUT2D eigenvalue weighted by atomic mass is 16.5. The molecule has 4 heteroatoms. The van der Waals surface area contributed by atoms with Crippen LogP contribution in [0.5, 0.6) is 0 Å². The Labute approximate surface area is 112 Å². The molecule has 18 heavy (non-hydrogen) atoms. The van der Waals surface area contributed by atoms with Crippen molar-refractivity contribution >= 4 is 0 Å². The molecule has 0 aliphatic carbocycles. The van der Waals surface area contributed by atoms with Crippen molar-refractivity contribution in [1.29, 1.82) is 0 Å². The van der Waals surface area contributed by atoms with Crippen molar-refractivity contribution in [3.05, 3.63) is 0 Å². The van der Waals surface area contributed by atoms with Crippen molar-refractivity contribution < 1.29 is 4.74 Å². The molecule has 2 aliphatic heterocycles. The Bertz CT molecular complexity index is 213. The summed E-state index contributed by atoms with van der Waals surface area (Å²) in [6.07, 6.45) is 5.64. The fourth-order valence-electron chi connectivity index (χ4n) is 2.82. The molecule has 0 saturated carbocycles. The SMILES string of the molecule is CN(CCCC1CCCO1)CCN1CCNCC1. The van der Waals surface area contributed by atoms with Gasteiger partial charge in [0.2, 0.25) is 0 Å². The minimum atomic E-state index is 0.562. The summed E-state index contributed by atoms with van der Waals surface area (Å²) in [6, 6.07) is 0. The van der Waals surface area contributed by atoms with Gasteiger partial charge in [-0.15, -0.1) is 0 Å². The summed E-state index contributed by atoms with van der Waals surface area (Å²) in [5.41, 5.74) is 0. The second-order valence-electron chi connectivity index (χ2n) is 5.67. The van der Waals surface area contributed by atoms with E-state index in [0.717, 1.165) is 19.7 Å². The average molecular weight is 255 g/mol. The molecule has 0 aromatic rings. The van der Waals surface area contributed by atoms with E-state index < -0.39 is 0 Å². The Balaban J connectivity index is 1.47. The van der Waals surface area contributed by atoms with Crippen LogP contribution in [0.4, 0.5) is 0 Å². The molecule has 0 aromatic heterocycles. The first-order valence-corrected chi connectivity index (χ1v) is 7.58. The van der Waals surface area contributed by atoms with E-state index in [9.17, 15) is 0 Å². The van der Waals surface area contributed by atoms with Crippen LogP contribution in [-0.2, 0) is 4.74 Å². The number of hydrogen-bond donors (Lipinski definition) is 1. The van der Waals surface area contributed by atoms with E-state index >= 15 is 0 Å². The lowest BCUT2D eigenvalue weighted by Crippen LogP contribution is -2.46. The molecule has 1 unspecified atom stereocenters. The Morgan fingerprint density at radius 3 is 2.83 bits per heavy atom. The van der Waals surface area contributed by atoms with E-state index in [-0.39, 0.29) is 0 Å². The average Bonchev–Trinajstić information content (AvgIpc) is 2.91. The third-order valence-electron chi connectivity index (χ3n) is 4.10. The van der Waals surface area contributed by atoms with Crippen LogP contribution in [0.15, 0.2) is 0 Å². The molecule has 0 amide bonds. The van der Waals surface area contributed by atoms with Gasteiger partial charge in [-0.25, -0.2) is 0 Å². The van der Waals surface area contributed by atoms with E-state index in [0.29, 0.717) is 6.10 Å². The second-order valence-corrected chi connectivity index (χ2v) is 5.67. The first kappa shape index (κ1) is 14.3. The molecule has 106 valence electrons. The molecule has 2 rings (SSSR count). The molecule has 2 aliphatic rings. The fraction of sp³-hybridized carbons (Fsp3) is 1.00. The topological polar surface area (TPSA) is 27.7 Å². The minimum Gasteiger partial charge on any atom is -0.378 e. The first-order valence-electron chi connectivity index (χ1n) is 7.58. The maximum Gasteiger partial charge on any atom is 0.0576 e. The number of hydrogen-bond acceptors (Lipinski definition) is 4. The van der Waals surface area contributed by atoms with Crippen LogP contribution in [0.2, 0.25) is 0 Å². The molecule has 2 fully saturated rings. The number of nitrogens with zero attached hydrogens (tertiary/aromatic N) is 2. The Hall–Kier alpha value is -0.160. The zero-order valence-electron chi connectivity index (χ0n) is 11.9. The molecular weight excluding hydrogens is 226 g/mol. The lowest BCUT2D eigenvalue weighted by atomic mass is 10.1. The van der Waals surface area contributed by atoms with E-state index in [1.807, 2.05) is 0 Å².